The van der Waals surface area contributed by atoms with Gasteiger partial charge in [-0.05, 0) is 19.8 Å². The fourth-order valence-corrected chi connectivity index (χ4v) is 3.19. The van der Waals surface area contributed by atoms with Crippen molar-refractivity contribution in [1.29, 1.82) is 0 Å². The molecule has 24 heavy (non-hydrogen) atoms. The molecule has 1 fully saturated rings. The van der Waals surface area contributed by atoms with E-state index in [4.69, 9.17) is 11.6 Å². The molecule has 1 aliphatic heterocycles. The van der Waals surface area contributed by atoms with E-state index in [2.05, 4.69) is 14.9 Å². The second-order valence-corrected chi connectivity index (χ2v) is 6.80. The van der Waals surface area contributed by atoms with Crippen LogP contribution in [0.3, 0.4) is 0 Å². The summed E-state index contributed by atoms with van der Waals surface area (Å²) >= 11 is 5.98. The average Bonchev–Trinajstić information content (AvgIpc) is 2.71. The molecule has 2 aromatic heterocycles. The number of aromatic nitrogens is 4. The number of nitrogens with one attached hydrogen (secondary N) is 1. The smallest absolute Gasteiger partial charge is 0.329 e. The molecule has 1 saturated heterocycles. The number of allylic oxidation sites excluding steroid dienone is 2. The molecule has 7 nitrogen and oxygen atoms in total. The summed E-state index contributed by atoms with van der Waals surface area (Å²) in [7, 11) is 1.62. The quantitative estimate of drug-likeness (QED) is 0.917. The molecule has 3 rings (SSSR count). The van der Waals surface area contributed by atoms with E-state index in [-0.39, 0.29) is 0 Å². The van der Waals surface area contributed by atoms with Crippen LogP contribution in [0.25, 0.3) is 11.2 Å². The van der Waals surface area contributed by atoms with Crippen molar-refractivity contribution in [3.8, 4) is 0 Å². The second-order valence-electron chi connectivity index (χ2n) is 6.21. The first-order valence-electron chi connectivity index (χ1n) is 8.26. The lowest BCUT2D eigenvalue weighted by Gasteiger charge is -2.22. The number of imidazole rings is 1. The SMILES string of the molecule is C/C(Cl)=C/Cn1c(N2CCCCCC2)nc2c1c(=O)[nH]c(=O)n2C. The van der Waals surface area contributed by atoms with E-state index >= 15 is 0 Å². The van der Waals surface area contributed by atoms with Crippen molar-refractivity contribution in [3.63, 3.8) is 0 Å². The van der Waals surface area contributed by atoms with E-state index in [0.29, 0.717) is 22.7 Å². The maximum Gasteiger partial charge on any atom is 0.329 e. The molecule has 0 bridgehead atoms. The third kappa shape index (κ3) is 3.13. The predicted molar refractivity (Wildman–Crippen MR) is 95.9 cm³/mol. The molecule has 0 aromatic carbocycles. The monoisotopic (exact) mass is 351 g/mol. The first-order chi connectivity index (χ1) is 11.5. The van der Waals surface area contributed by atoms with Gasteiger partial charge in [-0.1, -0.05) is 30.5 Å². The highest BCUT2D eigenvalue weighted by Crippen LogP contribution is 2.23. The Morgan fingerprint density at radius 2 is 1.92 bits per heavy atom. The third-order valence-corrected chi connectivity index (χ3v) is 4.59. The van der Waals surface area contributed by atoms with E-state index in [1.54, 1.807) is 14.0 Å². The van der Waals surface area contributed by atoms with Crippen LogP contribution >= 0.6 is 11.6 Å². The van der Waals surface area contributed by atoms with Crippen molar-refractivity contribution in [2.75, 3.05) is 18.0 Å². The van der Waals surface area contributed by atoms with Gasteiger partial charge < -0.3 is 9.47 Å². The van der Waals surface area contributed by atoms with Crippen LogP contribution in [0.4, 0.5) is 5.95 Å². The molecule has 8 heteroatoms. The Morgan fingerprint density at radius 1 is 1.25 bits per heavy atom. The number of fused-ring (bicyclic) bond motifs is 1. The van der Waals surface area contributed by atoms with Crippen LogP contribution in [0.2, 0.25) is 0 Å². The zero-order valence-electron chi connectivity index (χ0n) is 14.0. The minimum Gasteiger partial charge on any atom is -0.342 e. The summed E-state index contributed by atoms with van der Waals surface area (Å²) in [5, 5.41) is 0.653. The maximum absolute atomic E-state index is 12.4. The molecule has 0 spiro atoms. The van der Waals surface area contributed by atoms with Gasteiger partial charge in [0.05, 0.1) is 0 Å². The van der Waals surface area contributed by atoms with Gasteiger partial charge in [-0.15, -0.1) is 0 Å². The average molecular weight is 352 g/mol. The summed E-state index contributed by atoms with van der Waals surface area (Å²) in [6.45, 7) is 4.04. The summed E-state index contributed by atoms with van der Waals surface area (Å²) in [4.78, 5) is 33.5. The van der Waals surface area contributed by atoms with Gasteiger partial charge in [0.2, 0.25) is 5.95 Å². The van der Waals surface area contributed by atoms with Crippen LogP contribution in [0, 0.1) is 0 Å². The number of rotatable bonds is 3. The predicted octanol–water partition coefficient (Wildman–Crippen LogP) is 1.95. The molecule has 2 aromatic rings. The first kappa shape index (κ1) is 16.8. The van der Waals surface area contributed by atoms with Crippen molar-refractivity contribution in [2.45, 2.75) is 39.2 Å². The number of H-pyrrole nitrogens is 1. The maximum atomic E-state index is 12.4. The van der Waals surface area contributed by atoms with Crippen LogP contribution in [-0.2, 0) is 13.6 Å². The van der Waals surface area contributed by atoms with Gasteiger partial charge in [-0.25, -0.2) is 4.79 Å². The molecule has 0 aliphatic carbocycles. The highest BCUT2D eigenvalue weighted by Gasteiger charge is 2.21. The lowest BCUT2D eigenvalue weighted by atomic mass is 10.2. The largest absolute Gasteiger partial charge is 0.342 e. The molecule has 0 atom stereocenters. The molecular formula is C16H22ClN5O2. The lowest BCUT2D eigenvalue weighted by Crippen LogP contribution is -2.29. The van der Waals surface area contributed by atoms with Crippen molar-refractivity contribution < 1.29 is 0 Å². The number of anilines is 1. The number of halogens is 1. The fourth-order valence-electron chi connectivity index (χ4n) is 3.13. The van der Waals surface area contributed by atoms with Crippen LogP contribution in [0.5, 0.6) is 0 Å². The van der Waals surface area contributed by atoms with Gasteiger partial charge in [0.1, 0.15) is 0 Å². The molecule has 0 radical (unpaired) electrons. The van der Waals surface area contributed by atoms with Crippen molar-refractivity contribution in [1.82, 2.24) is 19.1 Å². The molecule has 0 unspecified atom stereocenters. The summed E-state index contributed by atoms with van der Waals surface area (Å²) in [6.07, 6.45) is 6.45. The standard InChI is InChI=1S/C16H22ClN5O2/c1-11(17)7-10-22-12-13(20(2)16(24)19-14(12)23)18-15(22)21-8-5-3-4-6-9-21/h7H,3-6,8-10H2,1-2H3,(H,19,23,24)/b11-7-. The summed E-state index contributed by atoms with van der Waals surface area (Å²) in [5.74, 6) is 0.729. The fraction of sp³-hybridized carbons (Fsp3) is 0.562. The lowest BCUT2D eigenvalue weighted by molar-refractivity contribution is 0.721. The number of hydrogen-bond donors (Lipinski definition) is 1. The Hall–Kier alpha value is -2.02. The molecule has 1 aliphatic rings. The zero-order chi connectivity index (χ0) is 17.3. The van der Waals surface area contributed by atoms with E-state index in [1.807, 2.05) is 10.6 Å². The van der Waals surface area contributed by atoms with Gasteiger partial charge in [-0.3, -0.25) is 14.3 Å². The second kappa shape index (κ2) is 6.84. The Labute approximate surface area is 144 Å². The highest BCUT2D eigenvalue weighted by atomic mass is 35.5. The van der Waals surface area contributed by atoms with Crippen molar-refractivity contribution in [2.24, 2.45) is 7.05 Å². The van der Waals surface area contributed by atoms with Gasteiger partial charge >= 0.3 is 5.69 Å². The van der Waals surface area contributed by atoms with Gasteiger partial charge in [0.25, 0.3) is 5.56 Å². The normalized spacial score (nSPS) is 16.6. The Balaban J connectivity index is 2.22. The van der Waals surface area contributed by atoms with E-state index in [9.17, 15) is 9.59 Å². The number of aromatic amines is 1. The summed E-state index contributed by atoms with van der Waals surface area (Å²) in [5.41, 5.74) is -0.0555. The Kier molecular flexibility index (Phi) is 4.80. The molecule has 3 heterocycles. The Morgan fingerprint density at radius 3 is 2.54 bits per heavy atom. The third-order valence-electron chi connectivity index (χ3n) is 4.43. The van der Waals surface area contributed by atoms with Crippen LogP contribution < -0.4 is 16.1 Å². The first-order valence-corrected chi connectivity index (χ1v) is 8.63. The summed E-state index contributed by atoms with van der Waals surface area (Å²) in [6, 6.07) is 0. The summed E-state index contributed by atoms with van der Waals surface area (Å²) < 4.78 is 3.23. The minimum atomic E-state index is -0.455. The molecule has 0 amide bonds. The molecule has 1 N–H and O–H groups in total. The molecular weight excluding hydrogens is 330 g/mol. The zero-order valence-corrected chi connectivity index (χ0v) is 14.8. The van der Waals surface area contributed by atoms with Crippen LogP contribution in [-0.4, -0.2) is 32.2 Å². The number of aryl methyl sites for hydroxylation is 1. The van der Waals surface area contributed by atoms with Crippen LogP contribution in [0.1, 0.15) is 32.6 Å². The number of hydrogen-bond acceptors (Lipinski definition) is 4. The van der Waals surface area contributed by atoms with Gasteiger partial charge in [0.15, 0.2) is 11.2 Å². The van der Waals surface area contributed by atoms with Crippen molar-refractivity contribution in [3.05, 3.63) is 31.9 Å². The topological polar surface area (TPSA) is 75.9 Å². The number of nitrogens with zero attached hydrogens (tertiary/aromatic N) is 4. The van der Waals surface area contributed by atoms with Crippen molar-refractivity contribution >= 4 is 28.7 Å². The minimum absolute atomic E-state index is 0.406. The van der Waals surface area contributed by atoms with E-state index < -0.39 is 11.2 Å². The Bertz CT molecular complexity index is 880. The molecule has 130 valence electrons. The van der Waals surface area contributed by atoms with Gasteiger partial charge in [0, 0.05) is 31.7 Å². The highest BCUT2D eigenvalue weighted by molar-refractivity contribution is 6.29. The van der Waals surface area contributed by atoms with E-state index in [0.717, 1.165) is 31.9 Å². The molecule has 0 saturated carbocycles. The van der Waals surface area contributed by atoms with E-state index in [1.165, 1.54) is 17.4 Å². The van der Waals surface area contributed by atoms with Gasteiger partial charge in [-0.2, -0.15) is 4.98 Å². The van der Waals surface area contributed by atoms with Crippen LogP contribution in [0.15, 0.2) is 20.7 Å².